The number of benzene rings is 3. The molecular weight excluding hydrogens is 639 g/mol. The average molecular weight is 690 g/mol. The van der Waals surface area contributed by atoms with E-state index in [0.29, 0.717) is 29.8 Å². The van der Waals surface area contributed by atoms with Gasteiger partial charge in [-0.05, 0) is 87.8 Å². The Balaban J connectivity index is 1.32. The van der Waals surface area contributed by atoms with E-state index in [2.05, 4.69) is 21.9 Å². The van der Waals surface area contributed by atoms with E-state index < -0.39 is 16.3 Å². The maximum atomic E-state index is 13.8. The van der Waals surface area contributed by atoms with Crippen molar-refractivity contribution in [3.8, 4) is 0 Å². The lowest BCUT2D eigenvalue weighted by molar-refractivity contribution is -0.278. The zero-order chi connectivity index (χ0) is 34.8. The fourth-order valence-electron chi connectivity index (χ4n) is 7.83. The molecule has 1 aliphatic carbocycles. The SMILES string of the molecule is CC1C(CN2C(C(=O)NC(C)(C)C)CCC3CCCCC32)OC(c2cccc(NS(=O)(=O)c3ccccc3)c2)OC1c1ccc(CO)cc1. The van der Waals surface area contributed by atoms with Gasteiger partial charge in [0.15, 0.2) is 6.29 Å². The fraction of sp³-hybridized carbons (Fsp3) is 0.513. The van der Waals surface area contributed by atoms with Gasteiger partial charge in [0.1, 0.15) is 0 Å². The largest absolute Gasteiger partial charge is 0.392 e. The smallest absolute Gasteiger partial charge is 0.261 e. The summed E-state index contributed by atoms with van der Waals surface area (Å²) in [5, 5.41) is 12.9. The van der Waals surface area contributed by atoms with Crippen LogP contribution >= 0.6 is 0 Å². The normalized spacial score (nSPS) is 28.0. The summed E-state index contributed by atoms with van der Waals surface area (Å²) < 4.78 is 42.6. The van der Waals surface area contributed by atoms with Gasteiger partial charge in [-0.3, -0.25) is 14.4 Å². The number of ether oxygens (including phenoxy) is 2. The molecule has 3 N–H and O–H groups in total. The molecule has 0 spiro atoms. The van der Waals surface area contributed by atoms with Crippen molar-refractivity contribution in [2.45, 2.75) is 114 Å². The molecule has 1 saturated carbocycles. The number of carbonyl (C=O) groups is 1. The van der Waals surface area contributed by atoms with Gasteiger partial charge < -0.3 is 19.9 Å². The van der Waals surface area contributed by atoms with Crippen LogP contribution in [0.1, 0.15) is 95.3 Å². The van der Waals surface area contributed by atoms with Crippen molar-refractivity contribution in [1.82, 2.24) is 10.2 Å². The predicted molar refractivity (Wildman–Crippen MR) is 190 cm³/mol. The number of rotatable bonds is 9. The van der Waals surface area contributed by atoms with Gasteiger partial charge in [0.25, 0.3) is 10.0 Å². The van der Waals surface area contributed by atoms with E-state index in [1.807, 2.05) is 51.1 Å². The number of hydrogen-bond donors (Lipinski definition) is 3. The van der Waals surface area contributed by atoms with Crippen LogP contribution in [0, 0.1) is 11.8 Å². The summed E-state index contributed by atoms with van der Waals surface area (Å²) in [6.45, 7) is 8.75. The molecule has 0 bridgehead atoms. The summed E-state index contributed by atoms with van der Waals surface area (Å²) in [7, 11) is -3.80. The number of sulfonamides is 1. The van der Waals surface area contributed by atoms with Crippen LogP contribution in [-0.2, 0) is 30.9 Å². The third-order valence-corrected chi connectivity index (χ3v) is 11.7. The number of nitrogens with zero attached hydrogens (tertiary/aromatic N) is 1. The number of carbonyl (C=O) groups excluding carboxylic acids is 1. The molecule has 0 aromatic heterocycles. The molecule has 10 heteroatoms. The average Bonchev–Trinajstić information content (AvgIpc) is 3.09. The van der Waals surface area contributed by atoms with Crippen molar-refractivity contribution in [3.63, 3.8) is 0 Å². The van der Waals surface area contributed by atoms with Crippen LogP contribution in [0.4, 0.5) is 5.69 Å². The molecule has 264 valence electrons. The van der Waals surface area contributed by atoms with Gasteiger partial charge in [0.2, 0.25) is 5.91 Å². The molecule has 2 aliphatic heterocycles. The van der Waals surface area contributed by atoms with E-state index in [0.717, 1.165) is 36.8 Å². The second-order valence-electron chi connectivity index (χ2n) is 15.0. The van der Waals surface area contributed by atoms with Crippen molar-refractivity contribution in [2.75, 3.05) is 11.3 Å². The van der Waals surface area contributed by atoms with Crippen molar-refractivity contribution in [2.24, 2.45) is 11.8 Å². The fourth-order valence-corrected chi connectivity index (χ4v) is 8.90. The molecule has 3 aliphatic rings. The quantitative estimate of drug-likeness (QED) is 0.229. The predicted octanol–water partition coefficient (Wildman–Crippen LogP) is 6.71. The van der Waals surface area contributed by atoms with E-state index in [1.165, 1.54) is 12.8 Å². The first-order valence-electron chi connectivity index (χ1n) is 17.7. The number of fused-ring (bicyclic) bond motifs is 1. The van der Waals surface area contributed by atoms with Crippen LogP contribution in [0.25, 0.3) is 0 Å². The molecule has 2 heterocycles. The Labute approximate surface area is 291 Å². The Hall–Kier alpha value is -3.28. The Kier molecular flexibility index (Phi) is 10.8. The number of hydrogen-bond acceptors (Lipinski definition) is 7. The van der Waals surface area contributed by atoms with Crippen LogP contribution in [0.3, 0.4) is 0 Å². The zero-order valence-corrected chi connectivity index (χ0v) is 29.9. The minimum atomic E-state index is -3.80. The number of piperidine rings is 1. The van der Waals surface area contributed by atoms with Crippen LogP contribution in [0.5, 0.6) is 0 Å². The van der Waals surface area contributed by atoms with Crippen LogP contribution in [-0.4, -0.2) is 54.6 Å². The van der Waals surface area contributed by atoms with Gasteiger partial charge in [-0.2, -0.15) is 0 Å². The van der Waals surface area contributed by atoms with Crippen molar-refractivity contribution >= 4 is 21.6 Å². The van der Waals surface area contributed by atoms with E-state index in [-0.39, 0.29) is 47.1 Å². The van der Waals surface area contributed by atoms with Gasteiger partial charge in [0.05, 0.1) is 29.8 Å². The summed E-state index contributed by atoms with van der Waals surface area (Å²) in [4.78, 5) is 16.4. The molecule has 1 amide bonds. The first-order valence-corrected chi connectivity index (χ1v) is 19.2. The molecule has 3 aromatic carbocycles. The lowest BCUT2D eigenvalue weighted by atomic mass is 9.75. The minimum absolute atomic E-state index is 0.0447. The summed E-state index contributed by atoms with van der Waals surface area (Å²) in [5.74, 6) is 0.572. The van der Waals surface area contributed by atoms with Gasteiger partial charge in [0, 0.05) is 35.3 Å². The third kappa shape index (κ3) is 8.37. The van der Waals surface area contributed by atoms with E-state index in [9.17, 15) is 18.3 Å². The van der Waals surface area contributed by atoms with Crippen molar-refractivity contribution < 1.29 is 27.8 Å². The molecule has 2 saturated heterocycles. The lowest BCUT2D eigenvalue weighted by Crippen LogP contribution is -2.61. The first-order chi connectivity index (χ1) is 23.4. The number of nitrogens with one attached hydrogen (secondary N) is 2. The third-order valence-electron chi connectivity index (χ3n) is 10.3. The molecule has 7 atom stereocenters. The maximum Gasteiger partial charge on any atom is 0.261 e. The summed E-state index contributed by atoms with van der Waals surface area (Å²) in [6, 6.07) is 23.3. The molecule has 3 aromatic rings. The lowest BCUT2D eigenvalue weighted by Gasteiger charge is -2.51. The van der Waals surface area contributed by atoms with Crippen LogP contribution < -0.4 is 10.0 Å². The van der Waals surface area contributed by atoms with E-state index in [1.54, 1.807) is 48.5 Å². The molecule has 3 fully saturated rings. The summed E-state index contributed by atoms with van der Waals surface area (Å²) >= 11 is 0. The highest BCUT2D eigenvalue weighted by Gasteiger charge is 2.46. The summed E-state index contributed by atoms with van der Waals surface area (Å²) in [6.07, 6.45) is 5.13. The maximum absolute atomic E-state index is 13.8. The van der Waals surface area contributed by atoms with Crippen molar-refractivity contribution in [1.29, 1.82) is 0 Å². The number of amides is 1. The Morgan fingerprint density at radius 3 is 2.35 bits per heavy atom. The van der Waals surface area contributed by atoms with Gasteiger partial charge >= 0.3 is 0 Å². The number of aliphatic hydroxyl groups is 1. The number of anilines is 1. The first kappa shape index (κ1) is 35.5. The van der Waals surface area contributed by atoms with E-state index >= 15 is 0 Å². The standard InChI is InChI=1S/C39H51N3O6S/c1-26-35(24-42-33-16-9-8-11-28(33)21-22-34(42)37(44)40-39(2,3)4)47-38(48-36(26)29-19-17-27(25-43)18-20-29)30-12-10-13-31(23-30)41-49(45,46)32-14-6-5-7-15-32/h5-7,10,12-15,17-20,23,26,28,33-36,38,41,43H,8-9,11,16,21-22,24-25H2,1-4H3,(H,40,44). The zero-order valence-electron chi connectivity index (χ0n) is 29.0. The molecule has 9 nitrogen and oxygen atoms in total. The highest BCUT2D eigenvalue weighted by Crippen LogP contribution is 2.44. The van der Waals surface area contributed by atoms with Gasteiger partial charge in [-0.15, -0.1) is 0 Å². The highest BCUT2D eigenvalue weighted by molar-refractivity contribution is 7.92. The second-order valence-corrected chi connectivity index (χ2v) is 16.7. The highest BCUT2D eigenvalue weighted by atomic mass is 32.2. The Morgan fingerprint density at radius 1 is 0.898 bits per heavy atom. The van der Waals surface area contributed by atoms with Crippen molar-refractivity contribution in [3.05, 3.63) is 95.6 Å². The minimum Gasteiger partial charge on any atom is -0.392 e. The number of likely N-dealkylation sites (tertiary alicyclic amines) is 1. The topological polar surface area (TPSA) is 117 Å². The summed E-state index contributed by atoms with van der Waals surface area (Å²) in [5.41, 5.74) is 2.56. The molecule has 6 rings (SSSR count). The second kappa shape index (κ2) is 14.9. The molecule has 7 unspecified atom stereocenters. The monoisotopic (exact) mass is 689 g/mol. The van der Waals surface area contributed by atoms with Gasteiger partial charge in [-0.1, -0.05) is 74.4 Å². The molecule has 49 heavy (non-hydrogen) atoms. The van der Waals surface area contributed by atoms with E-state index in [4.69, 9.17) is 9.47 Å². The molecular formula is C39H51N3O6S. The van der Waals surface area contributed by atoms with Crippen LogP contribution in [0.2, 0.25) is 0 Å². The molecule has 0 radical (unpaired) electrons. The van der Waals surface area contributed by atoms with Gasteiger partial charge in [-0.25, -0.2) is 8.42 Å². The van der Waals surface area contributed by atoms with Crippen LogP contribution in [0.15, 0.2) is 83.8 Å². The number of aliphatic hydroxyl groups excluding tert-OH is 1. The Morgan fingerprint density at radius 2 is 1.63 bits per heavy atom. The Bertz CT molecular complexity index is 1680.